The molecule has 0 radical (unpaired) electrons. The molecule has 1 saturated heterocycles. The molecule has 0 aromatic heterocycles. The molecule has 6 heteroatoms. The number of carbonyl (C=O) groups excluding carboxylic acids is 1. The van der Waals surface area contributed by atoms with Gasteiger partial charge in [-0.1, -0.05) is 17.3 Å². The fraction of sp³-hybridized carbons (Fsp3) is 0.438. The number of piperidine rings is 1. The lowest BCUT2D eigenvalue weighted by atomic mass is 9.85. The Morgan fingerprint density at radius 2 is 2.05 bits per heavy atom. The summed E-state index contributed by atoms with van der Waals surface area (Å²) >= 11 is 0. The van der Waals surface area contributed by atoms with Crippen molar-refractivity contribution < 1.29 is 14.7 Å². The van der Waals surface area contributed by atoms with Crippen LogP contribution in [0.5, 0.6) is 0 Å². The zero-order valence-electron chi connectivity index (χ0n) is 12.1. The average molecular weight is 298 g/mol. The SMILES string of the molecule is N#Cc1ccc(C2=NOC3(CCN(CC(=O)[O-])CC3)C2)cc1. The monoisotopic (exact) mass is 298 g/mol. The molecule has 1 fully saturated rings. The van der Waals surface area contributed by atoms with Crippen LogP contribution in [-0.2, 0) is 9.63 Å². The maximum atomic E-state index is 10.6. The Bertz CT molecular complexity index is 638. The number of benzene rings is 1. The third kappa shape index (κ3) is 2.95. The van der Waals surface area contributed by atoms with Gasteiger partial charge in [-0.15, -0.1) is 0 Å². The Hall–Kier alpha value is -2.39. The van der Waals surface area contributed by atoms with E-state index < -0.39 is 5.97 Å². The highest BCUT2D eigenvalue weighted by Gasteiger charge is 2.42. The highest BCUT2D eigenvalue weighted by molar-refractivity contribution is 6.01. The number of carboxylic acids is 1. The van der Waals surface area contributed by atoms with Gasteiger partial charge in [-0.25, -0.2) is 0 Å². The molecule has 0 aliphatic carbocycles. The van der Waals surface area contributed by atoms with Crippen LogP contribution in [0.4, 0.5) is 0 Å². The lowest BCUT2D eigenvalue weighted by Crippen LogP contribution is -2.48. The first-order chi connectivity index (χ1) is 10.6. The van der Waals surface area contributed by atoms with E-state index in [0.29, 0.717) is 18.7 Å². The average Bonchev–Trinajstić information content (AvgIpc) is 2.94. The van der Waals surface area contributed by atoms with E-state index in [1.54, 1.807) is 12.1 Å². The van der Waals surface area contributed by atoms with Crippen LogP contribution in [-0.4, -0.2) is 41.8 Å². The molecule has 2 heterocycles. The summed E-state index contributed by atoms with van der Waals surface area (Å²) in [5, 5.41) is 23.7. The minimum atomic E-state index is -1.04. The summed E-state index contributed by atoms with van der Waals surface area (Å²) in [6.07, 6.45) is 2.23. The topological polar surface area (TPSA) is 88.8 Å². The summed E-state index contributed by atoms with van der Waals surface area (Å²) in [7, 11) is 0. The number of carboxylic acid groups (broad SMARTS) is 1. The standard InChI is InChI=1S/C16H17N3O3/c17-10-12-1-3-13(4-2-12)14-9-16(22-18-14)5-7-19(8-6-16)11-15(20)21/h1-4H,5-9,11H2,(H,20,21)/p-1. The van der Waals surface area contributed by atoms with E-state index in [4.69, 9.17) is 10.1 Å². The number of aliphatic carboxylic acids is 1. The summed E-state index contributed by atoms with van der Waals surface area (Å²) < 4.78 is 0. The highest BCUT2D eigenvalue weighted by atomic mass is 16.7. The van der Waals surface area contributed by atoms with Gasteiger partial charge < -0.3 is 14.7 Å². The third-order valence-corrected chi connectivity index (χ3v) is 4.31. The molecular weight excluding hydrogens is 282 g/mol. The van der Waals surface area contributed by atoms with E-state index in [9.17, 15) is 9.90 Å². The molecule has 1 spiro atoms. The Morgan fingerprint density at radius 3 is 2.64 bits per heavy atom. The first-order valence-corrected chi connectivity index (χ1v) is 7.28. The van der Waals surface area contributed by atoms with Gasteiger partial charge in [-0.05, 0) is 17.7 Å². The molecule has 1 aromatic carbocycles. The number of carbonyl (C=O) groups is 1. The molecule has 2 aliphatic heterocycles. The van der Waals surface area contributed by atoms with Crippen molar-refractivity contribution in [3.8, 4) is 6.07 Å². The molecule has 22 heavy (non-hydrogen) atoms. The second kappa shape index (κ2) is 5.78. The van der Waals surface area contributed by atoms with Crippen LogP contribution in [0.15, 0.2) is 29.4 Å². The summed E-state index contributed by atoms with van der Waals surface area (Å²) in [5.41, 5.74) is 2.16. The zero-order valence-corrected chi connectivity index (χ0v) is 12.1. The van der Waals surface area contributed by atoms with E-state index in [2.05, 4.69) is 11.2 Å². The maximum Gasteiger partial charge on any atom is 0.145 e. The van der Waals surface area contributed by atoms with Crippen molar-refractivity contribution in [1.29, 1.82) is 5.26 Å². The fourth-order valence-electron chi connectivity index (χ4n) is 2.98. The van der Waals surface area contributed by atoms with Gasteiger partial charge in [0.1, 0.15) is 5.60 Å². The molecule has 3 rings (SSSR count). The Kier molecular flexibility index (Phi) is 3.82. The zero-order chi connectivity index (χ0) is 15.6. The Morgan fingerprint density at radius 1 is 1.36 bits per heavy atom. The molecule has 0 bridgehead atoms. The third-order valence-electron chi connectivity index (χ3n) is 4.31. The Balaban J connectivity index is 1.62. The van der Waals surface area contributed by atoms with Crippen molar-refractivity contribution in [3.63, 3.8) is 0 Å². The van der Waals surface area contributed by atoms with E-state index in [1.165, 1.54) is 0 Å². The van der Waals surface area contributed by atoms with Crippen molar-refractivity contribution in [2.24, 2.45) is 5.16 Å². The van der Waals surface area contributed by atoms with Gasteiger partial charge in [0.2, 0.25) is 0 Å². The predicted octanol–water partition coefficient (Wildman–Crippen LogP) is 0.267. The first-order valence-electron chi connectivity index (χ1n) is 7.28. The molecule has 0 unspecified atom stereocenters. The summed E-state index contributed by atoms with van der Waals surface area (Å²) in [6.45, 7) is 1.31. The molecule has 0 amide bonds. The Labute approximate surface area is 128 Å². The second-order valence-corrected chi connectivity index (χ2v) is 5.83. The lowest BCUT2D eigenvalue weighted by Gasteiger charge is -2.37. The molecule has 1 aromatic rings. The molecular formula is C16H16N3O3-. The van der Waals surface area contributed by atoms with Crippen molar-refractivity contribution in [2.45, 2.75) is 24.9 Å². The molecule has 2 aliphatic rings. The van der Waals surface area contributed by atoms with Crippen LogP contribution in [0.3, 0.4) is 0 Å². The molecule has 0 atom stereocenters. The first kappa shape index (κ1) is 14.5. The van der Waals surface area contributed by atoms with E-state index in [-0.39, 0.29) is 12.1 Å². The number of rotatable bonds is 3. The lowest BCUT2D eigenvalue weighted by molar-refractivity contribution is -0.306. The van der Waals surface area contributed by atoms with Gasteiger partial charge in [0.25, 0.3) is 0 Å². The number of likely N-dealkylation sites (tertiary alicyclic amines) is 1. The van der Waals surface area contributed by atoms with Crippen molar-refractivity contribution >= 4 is 11.7 Å². The maximum absolute atomic E-state index is 10.6. The van der Waals surface area contributed by atoms with Gasteiger partial charge in [0.15, 0.2) is 0 Å². The number of oxime groups is 1. The van der Waals surface area contributed by atoms with E-state index >= 15 is 0 Å². The molecule has 6 nitrogen and oxygen atoms in total. The van der Waals surface area contributed by atoms with Gasteiger partial charge in [0, 0.05) is 38.9 Å². The van der Waals surface area contributed by atoms with Gasteiger partial charge in [-0.3, -0.25) is 4.90 Å². The summed E-state index contributed by atoms with van der Waals surface area (Å²) in [5.74, 6) is -1.04. The molecule has 0 N–H and O–H groups in total. The number of hydrogen-bond donors (Lipinski definition) is 0. The van der Waals surface area contributed by atoms with Crippen LogP contribution < -0.4 is 5.11 Å². The number of nitrogens with zero attached hydrogens (tertiary/aromatic N) is 3. The second-order valence-electron chi connectivity index (χ2n) is 5.83. The van der Waals surface area contributed by atoms with E-state index in [1.807, 2.05) is 17.0 Å². The van der Waals surface area contributed by atoms with Crippen LogP contribution in [0.25, 0.3) is 0 Å². The minimum Gasteiger partial charge on any atom is -0.549 e. The quantitative estimate of drug-likeness (QED) is 0.799. The molecule has 0 saturated carbocycles. The summed E-state index contributed by atoms with van der Waals surface area (Å²) in [4.78, 5) is 18.2. The predicted molar refractivity (Wildman–Crippen MR) is 76.8 cm³/mol. The smallest absolute Gasteiger partial charge is 0.145 e. The van der Waals surface area contributed by atoms with Crippen molar-refractivity contribution in [3.05, 3.63) is 35.4 Å². The number of nitriles is 1. The van der Waals surface area contributed by atoms with Gasteiger partial charge >= 0.3 is 0 Å². The van der Waals surface area contributed by atoms with Gasteiger partial charge in [0.05, 0.1) is 23.3 Å². The van der Waals surface area contributed by atoms with Crippen LogP contribution >= 0.6 is 0 Å². The minimum absolute atomic E-state index is 0.0284. The molecule has 114 valence electrons. The highest BCUT2D eigenvalue weighted by Crippen LogP contribution is 2.36. The van der Waals surface area contributed by atoms with Crippen molar-refractivity contribution in [2.75, 3.05) is 19.6 Å². The van der Waals surface area contributed by atoms with Crippen molar-refractivity contribution in [1.82, 2.24) is 4.90 Å². The van der Waals surface area contributed by atoms with Gasteiger partial charge in [-0.2, -0.15) is 5.26 Å². The van der Waals surface area contributed by atoms with Crippen LogP contribution in [0.1, 0.15) is 30.4 Å². The fourth-order valence-corrected chi connectivity index (χ4v) is 2.98. The van der Waals surface area contributed by atoms with Crippen LogP contribution in [0.2, 0.25) is 0 Å². The van der Waals surface area contributed by atoms with Crippen LogP contribution in [0, 0.1) is 11.3 Å². The number of hydrogen-bond acceptors (Lipinski definition) is 6. The summed E-state index contributed by atoms with van der Waals surface area (Å²) in [6, 6.07) is 9.39. The van der Waals surface area contributed by atoms with E-state index in [0.717, 1.165) is 30.5 Å². The largest absolute Gasteiger partial charge is 0.549 e. The normalized spacial score (nSPS) is 20.2.